The molecule has 7 heteroatoms. The molecule has 154 valence electrons. The molecule has 0 aliphatic carbocycles. The van der Waals surface area contributed by atoms with E-state index in [0.717, 1.165) is 38.5 Å². The number of ketones is 1. The Balaban J connectivity index is 1.36. The number of nitrogens with zero attached hydrogens (tertiary/aromatic N) is 2. The first kappa shape index (κ1) is 21.3. The van der Waals surface area contributed by atoms with Gasteiger partial charge < -0.3 is 10.1 Å². The van der Waals surface area contributed by atoms with Crippen LogP contribution < -0.4 is 10.1 Å². The lowest BCUT2D eigenvalue weighted by Crippen LogP contribution is -2.49. The van der Waals surface area contributed by atoms with Crippen molar-refractivity contribution in [1.82, 2.24) is 9.80 Å². The van der Waals surface area contributed by atoms with Crippen molar-refractivity contribution in [3.05, 3.63) is 59.1 Å². The van der Waals surface area contributed by atoms with E-state index in [9.17, 15) is 9.59 Å². The third-order valence-electron chi connectivity index (χ3n) is 4.87. The maximum atomic E-state index is 12.3. The summed E-state index contributed by atoms with van der Waals surface area (Å²) >= 11 is 5.87. The maximum absolute atomic E-state index is 12.3. The molecule has 0 atom stereocenters. The highest BCUT2D eigenvalue weighted by Gasteiger charge is 2.19. The average molecular weight is 416 g/mol. The summed E-state index contributed by atoms with van der Waals surface area (Å²) in [6, 6.07) is 14.4. The van der Waals surface area contributed by atoms with Crippen molar-refractivity contribution in [2.45, 2.75) is 6.92 Å². The Kier molecular flexibility index (Phi) is 7.63. The predicted octanol–water partition coefficient (Wildman–Crippen LogP) is 3.18. The van der Waals surface area contributed by atoms with E-state index in [1.165, 1.54) is 6.92 Å². The second kappa shape index (κ2) is 10.4. The van der Waals surface area contributed by atoms with Crippen molar-refractivity contribution in [3.8, 4) is 5.75 Å². The third kappa shape index (κ3) is 6.85. The van der Waals surface area contributed by atoms with Crippen LogP contribution in [0.3, 0.4) is 0 Å². The van der Waals surface area contributed by atoms with Crippen molar-refractivity contribution < 1.29 is 14.3 Å². The van der Waals surface area contributed by atoms with Crippen molar-refractivity contribution in [1.29, 1.82) is 0 Å². The van der Waals surface area contributed by atoms with Gasteiger partial charge in [0.05, 0.1) is 6.54 Å². The smallest absolute Gasteiger partial charge is 0.238 e. The van der Waals surface area contributed by atoms with Crippen LogP contribution in [0.1, 0.15) is 17.3 Å². The highest BCUT2D eigenvalue weighted by molar-refractivity contribution is 6.30. The SMILES string of the molecule is CC(=O)c1cccc(NC(=O)CN2CCN(CCOc3ccc(Cl)cc3)CC2)c1. The summed E-state index contributed by atoms with van der Waals surface area (Å²) in [7, 11) is 0. The molecule has 1 amide bonds. The molecule has 0 aromatic heterocycles. The molecular formula is C22H26ClN3O3. The number of piperazine rings is 1. The van der Waals surface area contributed by atoms with E-state index in [2.05, 4.69) is 15.1 Å². The van der Waals surface area contributed by atoms with Gasteiger partial charge >= 0.3 is 0 Å². The molecule has 1 heterocycles. The van der Waals surface area contributed by atoms with E-state index in [4.69, 9.17) is 16.3 Å². The van der Waals surface area contributed by atoms with E-state index in [0.29, 0.717) is 29.4 Å². The molecule has 1 aliphatic heterocycles. The molecule has 2 aromatic rings. The molecule has 29 heavy (non-hydrogen) atoms. The van der Waals surface area contributed by atoms with Crippen LogP contribution >= 0.6 is 11.6 Å². The van der Waals surface area contributed by atoms with Gasteiger partial charge in [0.2, 0.25) is 5.91 Å². The lowest BCUT2D eigenvalue weighted by Gasteiger charge is -2.34. The summed E-state index contributed by atoms with van der Waals surface area (Å²) in [5, 5.41) is 3.57. The molecule has 1 aliphatic rings. The lowest BCUT2D eigenvalue weighted by atomic mass is 10.1. The number of Topliss-reactive ketones (excluding diaryl/α,β-unsaturated/α-hetero) is 1. The molecule has 1 fully saturated rings. The molecule has 1 N–H and O–H groups in total. The van der Waals surface area contributed by atoms with Crippen molar-refractivity contribution >= 4 is 29.0 Å². The topological polar surface area (TPSA) is 61.9 Å². The molecule has 0 radical (unpaired) electrons. The summed E-state index contributed by atoms with van der Waals surface area (Å²) < 4.78 is 5.75. The monoisotopic (exact) mass is 415 g/mol. The van der Waals surface area contributed by atoms with Gasteiger partial charge in [0.25, 0.3) is 0 Å². The lowest BCUT2D eigenvalue weighted by molar-refractivity contribution is -0.117. The Bertz CT molecular complexity index is 833. The normalized spacial score (nSPS) is 15.1. The fourth-order valence-corrected chi connectivity index (χ4v) is 3.34. The van der Waals surface area contributed by atoms with E-state index in [1.807, 2.05) is 24.3 Å². The van der Waals surface area contributed by atoms with Gasteiger partial charge in [-0.05, 0) is 43.3 Å². The van der Waals surface area contributed by atoms with Crippen LogP contribution in [0.15, 0.2) is 48.5 Å². The fraction of sp³-hybridized carbons (Fsp3) is 0.364. The fourth-order valence-electron chi connectivity index (χ4n) is 3.21. The Labute approximate surface area is 176 Å². The quantitative estimate of drug-likeness (QED) is 0.671. The largest absolute Gasteiger partial charge is 0.492 e. The van der Waals surface area contributed by atoms with Crippen LogP contribution in [-0.4, -0.2) is 67.4 Å². The molecule has 3 rings (SSSR count). The van der Waals surface area contributed by atoms with Gasteiger partial charge in [-0.15, -0.1) is 0 Å². The molecule has 2 aromatic carbocycles. The Morgan fingerprint density at radius 3 is 2.41 bits per heavy atom. The summed E-state index contributed by atoms with van der Waals surface area (Å²) in [4.78, 5) is 28.2. The minimum absolute atomic E-state index is 0.0164. The molecule has 0 spiro atoms. The van der Waals surface area contributed by atoms with Gasteiger partial charge in [-0.25, -0.2) is 0 Å². The average Bonchev–Trinajstić information content (AvgIpc) is 2.71. The van der Waals surface area contributed by atoms with Gasteiger partial charge in [0.15, 0.2) is 5.78 Å². The zero-order chi connectivity index (χ0) is 20.6. The van der Waals surface area contributed by atoms with Gasteiger partial charge in [-0.2, -0.15) is 0 Å². The molecular weight excluding hydrogens is 390 g/mol. The van der Waals surface area contributed by atoms with Gasteiger partial charge in [-0.3, -0.25) is 19.4 Å². The molecule has 0 unspecified atom stereocenters. The molecule has 6 nitrogen and oxygen atoms in total. The number of carbonyl (C=O) groups excluding carboxylic acids is 2. The third-order valence-corrected chi connectivity index (χ3v) is 5.13. The first-order valence-electron chi connectivity index (χ1n) is 9.73. The van der Waals surface area contributed by atoms with Crippen molar-refractivity contribution in [3.63, 3.8) is 0 Å². The molecule has 0 saturated carbocycles. The number of rotatable bonds is 8. The predicted molar refractivity (Wildman–Crippen MR) is 115 cm³/mol. The van der Waals surface area contributed by atoms with E-state index in [1.54, 1.807) is 24.3 Å². The number of hydrogen-bond donors (Lipinski definition) is 1. The summed E-state index contributed by atoms with van der Waals surface area (Å²) in [5.74, 6) is 0.737. The maximum Gasteiger partial charge on any atom is 0.238 e. The molecule has 0 bridgehead atoms. The number of ether oxygens (including phenoxy) is 1. The van der Waals surface area contributed by atoms with Crippen LogP contribution in [0, 0.1) is 0 Å². The summed E-state index contributed by atoms with van der Waals surface area (Å²) in [5.41, 5.74) is 1.25. The summed E-state index contributed by atoms with van der Waals surface area (Å²) in [6.07, 6.45) is 0. The Morgan fingerprint density at radius 1 is 1.03 bits per heavy atom. The number of amides is 1. The number of nitrogens with one attached hydrogen (secondary N) is 1. The highest BCUT2D eigenvalue weighted by atomic mass is 35.5. The zero-order valence-electron chi connectivity index (χ0n) is 16.6. The minimum Gasteiger partial charge on any atom is -0.492 e. The number of carbonyl (C=O) groups is 2. The van der Waals surface area contributed by atoms with Crippen molar-refractivity contribution in [2.75, 3.05) is 51.2 Å². The number of halogens is 1. The number of hydrogen-bond acceptors (Lipinski definition) is 5. The van der Waals surface area contributed by atoms with Crippen LogP contribution in [0.2, 0.25) is 5.02 Å². The Hall–Kier alpha value is -2.41. The van der Waals surface area contributed by atoms with Gasteiger partial charge in [0.1, 0.15) is 12.4 Å². The summed E-state index contributed by atoms with van der Waals surface area (Å²) in [6.45, 7) is 6.80. The van der Waals surface area contributed by atoms with E-state index < -0.39 is 0 Å². The zero-order valence-corrected chi connectivity index (χ0v) is 17.3. The standard InChI is InChI=1S/C22H26ClN3O3/c1-17(27)18-3-2-4-20(15-18)24-22(28)16-26-11-9-25(10-12-26)13-14-29-21-7-5-19(23)6-8-21/h2-8,15H,9-14,16H2,1H3,(H,24,28). The highest BCUT2D eigenvalue weighted by Crippen LogP contribution is 2.15. The minimum atomic E-state index is -0.0646. The number of anilines is 1. The Morgan fingerprint density at radius 2 is 1.72 bits per heavy atom. The number of benzene rings is 2. The van der Waals surface area contributed by atoms with Gasteiger partial charge in [0, 0.05) is 49.0 Å². The van der Waals surface area contributed by atoms with Crippen molar-refractivity contribution in [2.24, 2.45) is 0 Å². The van der Waals surface area contributed by atoms with Crippen LogP contribution in [0.5, 0.6) is 5.75 Å². The van der Waals surface area contributed by atoms with Crippen LogP contribution in [-0.2, 0) is 4.79 Å². The van der Waals surface area contributed by atoms with E-state index >= 15 is 0 Å². The molecule has 1 saturated heterocycles. The van der Waals surface area contributed by atoms with Gasteiger partial charge in [-0.1, -0.05) is 23.7 Å². The van der Waals surface area contributed by atoms with Crippen LogP contribution in [0.4, 0.5) is 5.69 Å². The van der Waals surface area contributed by atoms with E-state index in [-0.39, 0.29) is 11.7 Å². The van der Waals surface area contributed by atoms with Crippen LogP contribution in [0.25, 0.3) is 0 Å². The second-order valence-corrected chi connectivity index (χ2v) is 7.54. The second-order valence-electron chi connectivity index (χ2n) is 7.11. The first-order valence-corrected chi connectivity index (χ1v) is 10.1. The first-order chi connectivity index (χ1) is 14.0.